The number of aromatic amines is 1. The standard InChI is InChI=1S/C22H28ClN3O5/c1-22(2,3)31-21(29)26-16-7-5-12(20(28)30-4)10-17(16)25-19(27)18-11-13-9-14(23)6-8-15(13)24-18/h6,8-9,11-12,16-17,24H,5,7,10H2,1-4H3,(H,25,27)(H,26,29)/t12?,16-,17?/m0/s1. The van der Waals surface area contributed by atoms with Gasteiger partial charge in [0.2, 0.25) is 0 Å². The highest BCUT2D eigenvalue weighted by molar-refractivity contribution is 6.31. The molecule has 2 unspecified atom stereocenters. The number of alkyl carbamates (subject to hydrolysis) is 1. The first kappa shape index (κ1) is 22.9. The average Bonchev–Trinajstić information content (AvgIpc) is 3.10. The monoisotopic (exact) mass is 449 g/mol. The molecule has 0 radical (unpaired) electrons. The predicted octanol–water partition coefficient (Wildman–Crippen LogP) is 3.79. The molecule has 31 heavy (non-hydrogen) atoms. The Morgan fingerprint density at radius 2 is 1.84 bits per heavy atom. The SMILES string of the molecule is COC(=O)C1CC[C@H](NC(=O)OC(C)(C)C)C(NC(=O)c2cc3cc(Cl)ccc3[nH]2)C1. The number of hydrogen-bond donors (Lipinski definition) is 3. The van der Waals surface area contributed by atoms with E-state index in [4.69, 9.17) is 21.1 Å². The molecule has 3 rings (SSSR count). The third-order valence-electron chi connectivity index (χ3n) is 5.23. The molecule has 0 aliphatic heterocycles. The minimum atomic E-state index is -0.641. The van der Waals surface area contributed by atoms with Crippen LogP contribution in [0.2, 0.25) is 5.02 Å². The lowest BCUT2D eigenvalue weighted by molar-refractivity contribution is -0.146. The molecule has 1 saturated carbocycles. The number of benzene rings is 1. The molecule has 1 heterocycles. The maximum Gasteiger partial charge on any atom is 0.407 e. The fourth-order valence-electron chi connectivity index (χ4n) is 3.81. The maximum absolute atomic E-state index is 12.9. The number of nitrogens with one attached hydrogen (secondary N) is 3. The number of ether oxygens (including phenoxy) is 2. The van der Waals surface area contributed by atoms with Crippen LogP contribution in [-0.4, -0.2) is 47.7 Å². The number of aromatic nitrogens is 1. The molecule has 0 bridgehead atoms. The van der Waals surface area contributed by atoms with Gasteiger partial charge in [-0.3, -0.25) is 9.59 Å². The number of halogens is 1. The van der Waals surface area contributed by atoms with Crippen molar-refractivity contribution in [2.75, 3.05) is 7.11 Å². The van der Waals surface area contributed by atoms with E-state index in [2.05, 4.69) is 15.6 Å². The van der Waals surface area contributed by atoms with E-state index < -0.39 is 17.7 Å². The van der Waals surface area contributed by atoms with Gasteiger partial charge in [-0.1, -0.05) is 11.6 Å². The van der Waals surface area contributed by atoms with Crippen molar-refractivity contribution in [1.82, 2.24) is 15.6 Å². The van der Waals surface area contributed by atoms with Gasteiger partial charge in [0, 0.05) is 15.9 Å². The number of hydrogen-bond acceptors (Lipinski definition) is 5. The Labute approximate surface area is 186 Å². The van der Waals surface area contributed by atoms with Crippen LogP contribution < -0.4 is 10.6 Å². The fourth-order valence-corrected chi connectivity index (χ4v) is 4.00. The molecular weight excluding hydrogens is 422 g/mol. The lowest BCUT2D eigenvalue weighted by Gasteiger charge is -2.36. The number of carbonyl (C=O) groups excluding carboxylic acids is 3. The van der Waals surface area contributed by atoms with Crippen LogP contribution in [0.4, 0.5) is 4.79 Å². The highest BCUT2D eigenvalue weighted by Gasteiger charge is 2.37. The molecule has 3 atom stereocenters. The Balaban J connectivity index is 1.76. The van der Waals surface area contributed by atoms with Crippen molar-refractivity contribution < 1.29 is 23.9 Å². The van der Waals surface area contributed by atoms with Crippen LogP contribution >= 0.6 is 11.6 Å². The molecule has 9 heteroatoms. The summed E-state index contributed by atoms with van der Waals surface area (Å²) in [6.45, 7) is 5.34. The van der Waals surface area contributed by atoms with Gasteiger partial charge in [-0.15, -0.1) is 0 Å². The van der Waals surface area contributed by atoms with Gasteiger partial charge in [-0.05, 0) is 64.3 Å². The van der Waals surface area contributed by atoms with Crippen molar-refractivity contribution in [2.24, 2.45) is 5.92 Å². The van der Waals surface area contributed by atoms with E-state index in [0.29, 0.717) is 30.0 Å². The van der Waals surface area contributed by atoms with E-state index in [9.17, 15) is 14.4 Å². The van der Waals surface area contributed by atoms with Crippen LogP contribution in [0.5, 0.6) is 0 Å². The second-order valence-corrected chi connectivity index (χ2v) is 9.22. The van der Waals surface area contributed by atoms with Gasteiger partial charge >= 0.3 is 12.1 Å². The number of esters is 1. The summed E-state index contributed by atoms with van der Waals surface area (Å²) in [6, 6.07) is 6.19. The molecule has 0 saturated heterocycles. The third-order valence-corrected chi connectivity index (χ3v) is 5.47. The number of rotatable bonds is 4. The number of H-pyrrole nitrogens is 1. The van der Waals surface area contributed by atoms with Crippen LogP contribution in [0.15, 0.2) is 24.3 Å². The number of methoxy groups -OCH3 is 1. The summed E-state index contributed by atoms with van der Waals surface area (Å²) in [5.74, 6) is -1.01. The molecule has 1 aromatic carbocycles. The normalized spacial score (nSPS) is 21.4. The lowest BCUT2D eigenvalue weighted by atomic mass is 9.82. The van der Waals surface area contributed by atoms with Crippen molar-refractivity contribution in [3.05, 3.63) is 35.0 Å². The average molecular weight is 450 g/mol. The highest BCUT2D eigenvalue weighted by atomic mass is 35.5. The van der Waals surface area contributed by atoms with Gasteiger partial charge in [-0.2, -0.15) is 0 Å². The topological polar surface area (TPSA) is 110 Å². The molecule has 3 N–H and O–H groups in total. The van der Waals surface area contributed by atoms with Crippen molar-refractivity contribution in [3.63, 3.8) is 0 Å². The third kappa shape index (κ3) is 5.91. The van der Waals surface area contributed by atoms with Gasteiger partial charge in [0.05, 0.1) is 25.1 Å². The lowest BCUT2D eigenvalue weighted by Crippen LogP contribution is -2.56. The number of fused-ring (bicyclic) bond motifs is 1. The first-order valence-electron chi connectivity index (χ1n) is 10.2. The Morgan fingerprint density at radius 3 is 2.52 bits per heavy atom. The Bertz CT molecular complexity index is 981. The van der Waals surface area contributed by atoms with Gasteiger partial charge < -0.3 is 25.1 Å². The van der Waals surface area contributed by atoms with Gasteiger partial charge in [0.1, 0.15) is 11.3 Å². The van der Waals surface area contributed by atoms with E-state index in [1.54, 1.807) is 45.0 Å². The Hall–Kier alpha value is -2.74. The van der Waals surface area contributed by atoms with E-state index in [1.807, 2.05) is 0 Å². The second kappa shape index (κ2) is 9.18. The molecule has 1 fully saturated rings. The molecule has 8 nitrogen and oxygen atoms in total. The van der Waals surface area contributed by atoms with Crippen LogP contribution in [-0.2, 0) is 14.3 Å². The van der Waals surface area contributed by atoms with Crippen LogP contribution in [0, 0.1) is 5.92 Å². The molecule has 1 aromatic heterocycles. The summed E-state index contributed by atoms with van der Waals surface area (Å²) in [6.07, 6.45) is 0.843. The molecule has 1 aliphatic carbocycles. The van der Waals surface area contributed by atoms with E-state index >= 15 is 0 Å². The van der Waals surface area contributed by atoms with Crippen LogP contribution in [0.25, 0.3) is 10.9 Å². The predicted molar refractivity (Wildman–Crippen MR) is 117 cm³/mol. The zero-order valence-corrected chi connectivity index (χ0v) is 18.8. The molecular formula is C22H28ClN3O5. The van der Waals surface area contributed by atoms with Crippen molar-refractivity contribution >= 4 is 40.5 Å². The first-order chi connectivity index (χ1) is 14.6. The Kier molecular flexibility index (Phi) is 6.79. The van der Waals surface area contributed by atoms with Gasteiger partial charge in [0.25, 0.3) is 5.91 Å². The fraction of sp³-hybridized carbons (Fsp3) is 0.500. The number of amides is 2. The smallest absolute Gasteiger partial charge is 0.407 e. The molecule has 0 spiro atoms. The van der Waals surface area contributed by atoms with E-state index in [-0.39, 0.29) is 23.8 Å². The molecule has 1 aliphatic rings. The zero-order valence-electron chi connectivity index (χ0n) is 18.1. The minimum Gasteiger partial charge on any atom is -0.469 e. The molecule has 168 valence electrons. The highest BCUT2D eigenvalue weighted by Crippen LogP contribution is 2.27. The quantitative estimate of drug-likeness (QED) is 0.615. The maximum atomic E-state index is 12.9. The minimum absolute atomic E-state index is 0.324. The number of carbonyl (C=O) groups is 3. The first-order valence-corrected chi connectivity index (χ1v) is 10.6. The molecule has 2 aromatic rings. The van der Waals surface area contributed by atoms with Crippen molar-refractivity contribution in [1.29, 1.82) is 0 Å². The summed E-state index contributed by atoms with van der Waals surface area (Å²) < 4.78 is 10.2. The summed E-state index contributed by atoms with van der Waals surface area (Å²) in [4.78, 5) is 40.4. The largest absolute Gasteiger partial charge is 0.469 e. The second-order valence-electron chi connectivity index (χ2n) is 8.78. The van der Waals surface area contributed by atoms with E-state index in [0.717, 1.165) is 10.9 Å². The van der Waals surface area contributed by atoms with Crippen molar-refractivity contribution in [2.45, 2.75) is 57.7 Å². The summed E-state index contributed by atoms with van der Waals surface area (Å²) in [5.41, 5.74) is 0.514. The van der Waals surface area contributed by atoms with Crippen LogP contribution in [0.1, 0.15) is 50.5 Å². The summed E-state index contributed by atoms with van der Waals surface area (Å²) in [7, 11) is 1.34. The van der Waals surface area contributed by atoms with Crippen molar-refractivity contribution in [3.8, 4) is 0 Å². The Morgan fingerprint density at radius 1 is 1.10 bits per heavy atom. The molecule has 2 amide bonds. The zero-order chi connectivity index (χ0) is 22.8. The van der Waals surface area contributed by atoms with Gasteiger partial charge in [-0.25, -0.2) is 4.79 Å². The summed E-state index contributed by atoms with van der Waals surface area (Å²) in [5, 5.41) is 7.19. The van der Waals surface area contributed by atoms with Crippen LogP contribution in [0.3, 0.4) is 0 Å². The summed E-state index contributed by atoms with van der Waals surface area (Å²) >= 11 is 6.03. The van der Waals surface area contributed by atoms with Gasteiger partial charge in [0.15, 0.2) is 0 Å². The van der Waals surface area contributed by atoms with E-state index in [1.165, 1.54) is 7.11 Å².